The highest BCUT2D eigenvalue weighted by atomic mass is 32.1. The number of thiophene rings is 1. The summed E-state index contributed by atoms with van der Waals surface area (Å²) in [5, 5.41) is 12.6. The van der Waals surface area contributed by atoms with Crippen LogP contribution in [-0.2, 0) is 4.74 Å². The number of hydrogen-bond acceptors (Lipinski definition) is 6. The van der Waals surface area contributed by atoms with Gasteiger partial charge in [-0.15, -0.1) is 21.5 Å². The lowest BCUT2D eigenvalue weighted by molar-refractivity contribution is 0.210. The van der Waals surface area contributed by atoms with E-state index in [2.05, 4.69) is 20.5 Å². The maximum Gasteiger partial charge on any atom is 0.279 e. The number of aromatic nitrogens is 3. The average Bonchev–Trinajstić information content (AvgIpc) is 2.83. The highest BCUT2D eigenvalue weighted by Gasteiger charge is 2.07. The Morgan fingerprint density at radius 3 is 3.06 bits per heavy atom. The molecule has 17 heavy (non-hydrogen) atoms. The van der Waals surface area contributed by atoms with E-state index in [4.69, 9.17) is 4.74 Å². The second-order valence-corrected chi connectivity index (χ2v) is 4.20. The molecule has 2 rings (SSSR count). The van der Waals surface area contributed by atoms with Crippen LogP contribution in [0.4, 0.5) is 5.95 Å². The first-order chi connectivity index (χ1) is 8.31. The molecular formula is C10H12N4O2S. The van der Waals surface area contributed by atoms with Crippen molar-refractivity contribution in [2.24, 2.45) is 0 Å². The van der Waals surface area contributed by atoms with Gasteiger partial charge < -0.3 is 10.1 Å². The zero-order valence-corrected chi connectivity index (χ0v) is 10.1. The summed E-state index contributed by atoms with van der Waals surface area (Å²) in [6.07, 6.45) is 0. The topological polar surface area (TPSA) is 79.9 Å². The molecule has 2 N–H and O–H groups in total. The molecule has 0 unspecified atom stereocenters. The van der Waals surface area contributed by atoms with E-state index in [1.54, 1.807) is 7.11 Å². The molecule has 0 saturated carbocycles. The molecule has 0 fully saturated rings. The summed E-state index contributed by atoms with van der Waals surface area (Å²) in [6.45, 7) is 1.11. The van der Waals surface area contributed by atoms with Crippen molar-refractivity contribution in [2.45, 2.75) is 0 Å². The van der Waals surface area contributed by atoms with Crippen molar-refractivity contribution >= 4 is 17.3 Å². The smallest absolute Gasteiger partial charge is 0.279 e. The van der Waals surface area contributed by atoms with Crippen LogP contribution in [0.15, 0.2) is 22.3 Å². The fourth-order valence-electron chi connectivity index (χ4n) is 1.26. The zero-order chi connectivity index (χ0) is 12.1. The second kappa shape index (κ2) is 5.55. The second-order valence-electron chi connectivity index (χ2n) is 3.25. The van der Waals surface area contributed by atoms with Gasteiger partial charge in [0.2, 0.25) is 5.95 Å². The lowest BCUT2D eigenvalue weighted by atomic mass is 10.4. The van der Waals surface area contributed by atoms with E-state index >= 15 is 0 Å². The SMILES string of the molecule is COCCNc1nnc(-c2cccs2)c(=O)[nH]1. The first-order valence-electron chi connectivity index (χ1n) is 5.05. The van der Waals surface area contributed by atoms with Gasteiger partial charge in [-0.2, -0.15) is 0 Å². The van der Waals surface area contributed by atoms with Crippen LogP contribution in [0, 0.1) is 0 Å². The molecule has 0 radical (unpaired) electrons. The summed E-state index contributed by atoms with van der Waals surface area (Å²) < 4.78 is 4.88. The fraction of sp³-hybridized carbons (Fsp3) is 0.300. The number of nitrogens with zero attached hydrogens (tertiary/aromatic N) is 2. The summed E-state index contributed by atoms with van der Waals surface area (Å²) >= 11 is 1.45. The van der Waals surface area contributed by atoms with Gasteiger partial charge in [0, 0.05) is 13.7 Å². The van der Waals surface area contributed by atoms with E-state index in [0.29, 0.717) is 24.8 Å². The molecule has 0 aliphatic rings. The molecule has 0 spiro atoms. The highest BCUT2D eigenvalue weighted by Crippen LogP contribution is 2.18. The van der Waals surface area contributed by atoms with E-state index in [1.807, 2.05) is 17.5 Å². The van der Waals surface area contributed by atoms with Crippen molar-refractivity contribution in [3.63, 3.8) is 0 Å². The van der Waals surface area contributed by atoms with E-state index < -0.39 is 0 Å². The van der Waals surface area contributed by atoms with Gasteiger partial charge in [0.05, 0.1) is 11.5 Å². The third-order valence-electron chi connectivity index (χ3n) is 2.05. The number of ether oxygens (including phenoxy) is 1. The van der Waals surface area contributed by atoms with Gasteiger partial charge in [-0.3, -0.25) is 9.78 Å². The summed E-state index contributed by atoms with van der Waals surface area (Å²) in [7, 11) is 1.61. The van der Waals surface area contributed by atoms with Crippen molar-refractivity contribution in [3.8, 4) is 10.6 Å². The highest BCUT2D eigenvalue weighted by molar-refractivity contribution is 7.13. The van der Waals surface area contributed by atoms with Crippen molar-refractivity contribution in [1.29, 1.82) is 0 Å². The molecule has 7 heteroatoms. The molecule has 90 valence electrons. The zero-order valence-electron chi connectivity index (χ0n) is 9.27. The molecule has 2 aromatic heterocycles. The first kappa shape index (κ1) is 11.7. The maximum atomic E-state index is 11.7. The standard InChI is InChI=1S/C10H12N4O2S/c1-16-5-4-11-10-12-9(15)8(13-14-10)7-3-2-6-17-7/h2-3,6H,4-5H2,1H3,(H2,11,12,14,15). The first-order valence-corrected chi connectivity index (χ1v) is 5.93. The van der Waals surface area contributed by atoms with Crippen LogP contribution in [0.3, 0.4) is 0 Å². The lowest BCUT2D eigenvalue weighted by Crippen LogP contribution is -2.18. The Labute approximate surface area is 102 Å². The van der Waals surface area contributed by atoms with E-state index in [9.17, 15) is 4.79 Å². The number of hydrogen-bond donors (Lipinski definition) is 2. The van der Waals surface area contributed by atoms with Crippen LogP contribution in [0.2, 0.25) is 0 Å². The van der Waals surface area contributed by atoms with Gasteiger partial charge in [-0.1, -0.05) is 6.07 Å². The molecule has 0 aromatic carbocycles. The van der Waals surface area contributed by atoms with Crippen LogP contribution in [0.5, 0.6) is 0 Å². The molecule has 0 saturated heterocycles. The van der Waals surface area contributed by atoms with E-state index in [-0.39, 0.29) is 5.56 Å². The predicted octanol–water partition coefficient (Wildman–Crippen LogP) is 0.952. The molecule has 0 aliphatic carbocycles. The third kappa shape index (κ3) is 2.89. The fourth-order valence-corrected chi connectivity index (χ4v) is 1.97. The van der Waals surface area contributed by atoms with Crippen molar-refractivity contribution in [1.82, 2.24) is 15.2 Å². The summed E-state index contributed by atoms with van der Waals surface area (Å²) in [4.78, 5) is 15.2. The average molecular weight is 252 g/mol. The molecular weight excluding hydrogens is 240 g/mol. The van der Waals surface area contributed by atoms with Gasteiger partial charge in [0.15, 0.2) is 5.69 Å². The van der Waals surface area contributed by atoms with Gasteiger partial charge >= 0.3 is 0 Å². The van der Waals surface area contributed by atoms with Crippen molar-refractivity contribution in [2.75, 3.05) is 25.6 Å². The third-order valence-corrected chi connectivity index (χ3v) is 2.93. The van der Waals surface area contributed by atoms with Gasteiger partial charge in [0.1, 0.15) is 0 Å². The van der Waals surface area contributed by atoms with Crippen LogP contribution >= 0.6 is 11.3 Å². The number of H-pyrrole nitrogens is 1. The Kier molecular flexibility index (Phi) is 3.84. The summed E-state index contributed by atoms with van der Waals surface area (Å²) in [5.74, 6) is 0.354. The van der Waals surface area contributed by atoms with Crippen LogP contribution in [0.1, 0.15) is 0 Å². The largest absolute Gasteiger partial charge is 0.383 e. The Hall–Kier alpha value is -1.73. The maximum absolute atomic E-state index is 11.7. The van der Waals surface area contributed by atoms with Gasteiger partial charge in [-0.25, -0.2) is 0 Å². The minimum Gasteiger partial charge on any atom is -0.383 e. The van der Waals surface area contributed by atoms with Crippen molar-refractivity contribution < 1.29 is 4.74 Å². The molecule has 2 heterocycles. The minimum absolute atomic E-state index is 0.248. The molecule has 6 nitrogen and oxygen atoms in total. The Balaban J connectivity index is 2.15. The van der Waals surface area contributed by atoms with Crippen LogP contribution in [0.25, 0.3) is 10.6 Å². The Morgan fingerprint density at radius 1 is 1.53 bits per heavy atom. The molecule has 0 amide bonds. The Morgan fingerprint density at radius 2 is 2.41 bits per heavy atom. The normalized spacial score (nSPS) is 10.4. The predicted molar refractivity (Wildman–Crippen MR) is 66.3 cm³/mol. The lowest BCUT2D eigenvalue weighted by Gasteiger charge is -2.03. The van der Waals surface area contributed by atoms with Gasteiger partial charge in [-0.05, 0) is 11.4 Å². The van der Waals surface area contributed by atoms with Crippen molar-refractivity contribution in [3.05, 3.63) is 27.9 Å². The molecule has 0 aliphatic heterocycles. The number of methoxy groups -OCH3 is 1. The minimum atomic E-state index is -0.248. The van der Waals surface area contributed by atoms with E-state index in [1.165, 1.54) is 11.3 Å². The summed E-state index contributed by atoms with van der Waals surface area (Å²) in [6, 6.07) is 3.70. The number of rotatable bonds is 5. The monoisotopic (exact) mass is 252 g/mol. The molecule has 0 atom stereocenters. The summed E-state index contributed by atoms with van der Waals surface area (Å²) in [5.41, 5.74) is 0.0969. The Bertz CT molecular complexity index is 523. The van der Waals surface area contributed by atoms with E-state index in [0.717, 1.165) is 4.88 Å². The number of nitrogens with one attached hydrogen (secondary N) is 2. The molecule has 2 aromatic rings. The quantitative estimate of drug-likeness (QED) is 0.774. The van der Waals surface area contributed by atoms with Gasteiger partial charge in [0.25, 0.3) is 5.56 Å². The number of anilines is 1. The van der Waals surface area contributed by atoms with Crippen LogP contribution in [-0.4, -0.2) is 35.4 Å². The number of aromatic amines is 1. The molecule has 0 bridgehead atoms. The van der Waals surface area contributed by atoms with Crippen LogP contribution < -0.4 is 10.9 Å².